The monoisotopic (exact) mass is 586 g/mol. The third kappa shape index (κ3) is 11.1. The van der Waals surface area contributed by atoms with E-state index in [1.165, 1.54) is 22.3 Å². The first-order chi connectivity index (χ1) is 20.0. The van der Waals surface area contributed by atoms with Crippen molar-refractivity contribution in [2.75, 3.05) is 0 Å². The molecular formula is C40H58O3. The second kappa shape index (κ2) is 15.8. The van der Waals surface area contributed by atoms with E-state index in [-0.39, 0.29) is 28.5 Å². The molecule has 3 nitrogen and oxygen atoms in total. The van der Waals surface area contributed by atoms with Gasteiger partial charge in [-0.2, -0.15) is 0 Å². The highest BCUT2D eigenvalue weighted by Gasteiger charge is 2.52. The molecule has 0 aromatic carbocycles. The van der Waals surface area contributed by atoms with Crippen molar-refractivity contribution in [1.82, 2.24) is 0 Å². The minimum Gasteiger partial charge on any atom is -0.393 e. The van der Waals surface area contributed by atoms with Gasteiger partial charge in [0, 0.05) is 5.41 Å². The summed E-state index contributed by atoms with van der Waals surface area (Å²) in [7, 11) is 0. The molecule has 43 heavy (non-hydrogen) atoms. The smallest absolute Gasteiger partial charge is 0.0783 e. The molecule has 0 amide bonds. The van der Waals surface area contributed by atoms with Crippen molar-refractivity contribution in [3.8, 4) is 0 Å². The number of rotatable bonds is 11. The average Bonchev–Trinajstić information content (AvgIpc) is 3.10. The van der Waals surface area contributed by atoms with Gasteiger partial charge >= 0.3 is 0 Å². The Hall–Kier alpha value is -2.72. The third-order valence-electron chi connectivity index (χ3n) is 9.40. The number of hydrogen-bond acceptors (Lipinski definition) is 3. The molecule has 1 saturated carbocycles. The fraction of sp³-hybridized carbons (Fsp3) is 0.500. The topological polar surface area (TPSA) is 60.7 Å². The molecule has 3 heteroatoms. The summed E-state index contributed by atoms with van der Waals surface area (Å²) in [6.07, 6.45) is 30.7. The van der Waals surface area contributed by atoms with Crippen molar-refractivity contribution in [2.24, 2.45) is 16.2 Å². The van der Waals surface area contributed by atoms with Gasteiger partial charge in [-0.25, -0.2) is 0 Å². The van der Waals surface area contributed by atoms with Crippen LogP contribution < -0.4 is 0 Å². The number of allylic oxidation sites excluding steroid dienone is 18. The maximum Gasteiger partial charge on any atom is 0.0783 e. The molecule has 0 radical (unpaired) electrons. The van der Waals surface area contributed by atoms with Gasteiger partial charge in [-0.15, -0.1) is 0 Å². The lowest BCUT2D eigenvalue weighted by Gasteiger charge is -2.40. The van der Waals surface area contributed by atoms with Crippen molar-refractivity contribution >= 4 is 0 Å². The summed E-state index contributed by atoms with van der Waals surface area (Å²) in [5.74, 6) is 0. The zero-order valence-electron chi connectivity index (χ0n) is 28.5. The molecule has 236 valence electrons. The first-order valence-electron chi connectivity index (χ1n) is 15.8. The molecule has 0 aromatic heterocycles. The van der Waals surface area contributed by atoms with Crippen LogP contribution in [-0.2, 0) is 0 Å². The van der Waals surface area contributed by atoms with Gasteiger partial charge in [0.2, 0.25) is 0 Å². The number of aliphatic hydroxyl groups is 3. The number of aliphatic hydroxyl groups excluding tert-OH is 3. The normalized spacial score (nSPS) is 28.6. The predicted molar refractivity (Wildman–Crippen MR) is 186 cm³/mol. The second-order valence-electron chi connectivity index (χ2n) is 14.4. The van der Waals surface area contributed by atoms with Crippen LogP contribution in [0.1, 0.15) is 94.9 Å². The molecule has 0 aliphatic heterocycles. The van der Waals surface area contributed by atoms with E-state index < -0.39 is 6.10 Å². The molecule has 1 unspecified atom stereocenters. The zero-order chi connectivity index (χ0) is 32.4. The molecule has 0 bridgehead atoms. The van der Waals surface area contributed by atoms with Crippen molar-refractivity contribution in [3.63, 3.8) is 0 Å². The van der Waals surface area contributed by atoms with Gasteiger partial charge in [0.15, 0.2) is 0 Å². The Morgan fingerprint density at radius 1 is 0.674 bits per heavy atom. The van der Waals surface area contributed by atoms with Gasteiger partial charge in [-0.05, 0) is 76.7 Å². The van der Waals surface area contributed by atoms with E-state index in [0.717, 1.165) is 30.4 Å². The first-order valence-corrected chi connectivity index (χ1v) is 15.8. The molecule has 2 aliphatic rings. The van der Waals surface area contributed by atoms with E-state index in [2.05, 4.69) is 117 Å². The van der Waals surface area contributed by atoms with Crippen LogP contribution in [0.2, 0.25) is 0 Å². The first kappa shape index (κ1) is 36.5. The Bertz CT molecular complexity index is 1270. The highest BCUT2D eigenvalue weighted by atomic mass is 16.3. The molecule has 2 rings (SSSR count). The lowest BCUT2D eigenvalue weighted by atomic mass is 9.66. The lowest BCUT2D eigenvalue weighted by molar-refractivity contribution is -0.000365. The SMILES string of the molecule is CC1=C(/C=C/C(C)=C/C=C/C(C)=C/C=C/C=C(C)/C=C/C=C(C)/C=C/[C@H](O)C2(C)C[C@@H](O)CC2(C)C)C(C)(C)C[C@H](O)C1. The maximum absolute atomic E-state index is 10.9. The summed E-state index contributed by atoms with van der Waals surface area (Å²) in [4.78, 5) is 0. The Labute approximate surface area is 262 Å². The van der Waals surface area contributed by atoms with Gasteiger partial charge in [-0.1, -0.05) is 148 Å². The van der Waals surface area contributed by atoms with Crippen LogP contribution >= 0.6 is 0 Å². The quantitative estimate of drug-likeness (QED) is 0.211. The number of hydrogen-bond donors (Lipinski definition) is 3. The highest BCUT2D eigenvalue weighted by molar-refractivity contribution is 5.38. The summed E-state index contributed by atoms with van der Waals surface area (Å²) >= 11 is 0. The van der Waals surface area contributed by atoms with Gasteiger partial charge in [-0.3, -0.25) is 0 Å². The molecule has 0 spiro atoms. The standard InChI is InChI=1S/C40H58O3/c1-29(17-13-19-31(3)21-23-36-33(5)25-34(41)26-38(36,6)7)15-11-12-16-30(2)18-14-20-32(4)22-24-37(43)40(10)28-35(42)27-39(40,8)9/h11-24,34-35,37,41-43H,25-28H2,1-10H3/b12-11+,17-13+,18-14+,23-21+,24-22+,29-15+,30-16+,31-19+,32-20+/t34-,35+,37+,40?/m1/s1. The third-order valence-corrected chi connectivity index (χ3v) is 9.40. The molecule has 1 fully saturated rings. The van der Waals surface area contributed by atoms with Crippen molar-refractivity contribution in [2.45, 2.75) is 113 Å². The molecule has 4 atom stereocenters. The Morgan fingerprint density at radius 2 is 1.16 bits per heavy atom. The van der Waals surface area contributed by atoms with Crippen LogP contribution in [-0.4, -0.2) is 33.6 Å². The molecule has 2 aliphatic carbocycles. The predicted octanol–water partition coefficient (Wildman–Crippen LogP) is 9.60. The van der Waals surface area contributed by atoms with E-state index in [1.54, 1.807) is 0 Å². The van der Waals surface area contributed by atoms with Crippen molar-refractivity contribution < 1.29 is 15.3 Å². The van der Waals surface area contributed by atoms with Crippen molar-refractivity contribution in [1.29, 1.82) is 0 Å². The average molecular weight is 587 g/mol. The summed E-state index contributed by atoms with van der Waals surface area (Å²) < 4.78 is 0. The minimum atomic E-state index is -0.598. The largest absolute Gasteiger partial charge is 0.393 e. The Morgan fingerprint density at radius 3 is 1.65 bits per heavy atom. The van der Waals surface area contributed by atoms with E-state index in [0.29, 0.717) is 6.42 Å². The lowest BCUT2D eigenvalue weighted by Crippen LogP contribution is -2.39. The molecule has 0 aromatic rings. The summed E-state index contributed by atoms with van der Waals surface area (Å²) in [5, 5.41) is 31.1. The fourth-order valence-corrected chi connectivity index (χ4v) is 6.37. The summed E-state index contributed by atoms with van der Waals surface area (Å²) in [6, 6.07) is 0. The highest BCUT2D eigenvalue weighted by Crippen LogP contribution is 2.54. The molecule has 0 heterocycles. The van der Waals surface area contributed by atoms with E-state index in [4.69, 9.17) is 0 Å². The summed E-state index contributed by atoms with van der Waals surface area (Å²) in [5.41, 5.74) is 6.74. The van der Waals surface area contributed by atoms with Crippen LogP contribution in [0.25, 0.3) is 0 Å². The van der Waals surface area contributed by atoms with Crippen molar-refractivity contribution in [3.05, 3.63) is 119 Å². The maximum atomic E-state index is 10.9. The molecule has 3 N–H and O–H groups in total. The van der Waals surface area contributed by atoms with Crippen LogP contribution in [0.4, 0.5) is 0 Å². The van der Waals surface area contributed by atoms with Crippen LogP contribution in [0.3, 0.4) is 0 Å². The van der Waals surface area contributed by atoms with Crippen LogP contribution in [0, 0.1) is 16.2 Å². The Kier molecular flexibility index (Phi) is 13.4. The molecule has 0 saturated heterocycles. The summed E-state index contributed by atoms with van der Waals surface area (Å²) in [6.45, 7) is 21.2. The van der Waals surface area contributed by atoms with E-state index in [9.17, 15) is 15.3 Å². The van der Waals surface area contributed by atoms with Gasteiger partial charge in [0.05, 0.1) is 18.3 Å². The fourth-order valence-electron chi connectivity index (χ4n) is 6.37. The van der Waals surface area contributed by atoms with Crippen LogP contribution in [0.5, 0.6) is 0 Å². The zero-order valence-corrected chi connectivity index (χ0v) is 28.5. The van der Waals surface area contributed by atoms with E-state index >= 15 is 0 Å². The second-order valence-corrected chi connectivity index (χ2v) is 14.4. The van der Waals surface area contributed by atoms with E-state index in [1.807, 2.05) is 37.3 Å². The van der Waals surface area contributed by atoms with Gasteiger partial charge < -0.3 is 15.3 Å². The van der Waals surface area contributed by atoms with Crippen LogP contribution in [0.15, 0.2) is 119 Å². The molecular weight excluding hydrogens is 528 g/mol. The minimum absolute atomic E-state index is 0.00246. The Balaban J connectivity index is 1.88. The van der Waals surface area contributed by atoms with Gasteiger partial charge in [0.25, 0.3) is 0 Å². The van der Waals surface area contributed by atoms with Gasteiger partial charge in [0.1, 0.15) is 0 Å².